The first kappa shape index (κ1) is 19.5. The Balaban J connectivity index is 1.51. The molecule has 0 aliphatic heterocycles. The Morgan fingerprint density at radius 1 is 1.10 bits per heavy atom. The summed E-state index contributed by atoms with van der Waals surface area (Å²) in [5, 5.41) is 11.4. The van der Waals surface area contributed by atoms with Crippen molar-refractivity contribution in [2.24, 2.45) is 0 Å². The molecule has 0 unspecified atom stereocenters. The number of aromatic amines is 1. The molecule has 5 rings (SSSR count). The van der Waals surface area contributed by atoms with E-state index in [9.17, 15) is 4.79 Å². The van der Waals surface area contributed by atoms with Gasteiger partial charge in [-0.05, 0) is 56.2 Å². The van der Waals surface area contributed by atoms with Crippen LogP contribution in [0.1, 0.15) is 46.5 Å². The van der Waals surface area contributed by atoms with E-state index >= 15 is 0 Å². The Morgan fingerprint density at radius 2 is 1.90 bits per heavy atom. The fraction of sp³-hybridized carbons (Fsp3) is 0.333. The van der Waals surface area contributed by atoms with Gasteiger partial charge in [-0.2, -0.15) is 5.10 Å². The Labute approximate surface area is 180 Å². The lowest BCUT2D eigenvalue weighted by Gasteiger charge is -2.17. The summed E-state index contributed by atoms with van der Waals surface area (Å²) < 4.78 is 2.23. The Hall–Kier alpha value is -3.48. The third-order valence-electron chi connectivity index (χ3n) is 6.39. The number of nitrogens with one attached hydrogen (secondary N) is 2. The molecule has 0 radical (unpaired) electrons. The van der Waals surface area contributed by atoms with Gasteiger partial charge in [0.25, 0.3) is 5.56 Å². The van der Waals surface area contributed by atoms with Gasteiger partial charge < -0.3 is 9.88 Å². The van der Waals surface area contributed by atoms with Gasteiger partial charge >= 0.3 is 0 Å². The molecule has 0 amide bonds. The van der Waals surface area contributed by atoms with Gasteiger partial charge in [0.1, 0.15) is 17.8 Å². The van der Waals surface area contributed by atoms with Gasteiger partial charge in [-0.3, -0.25) is 4.79 Å². The number of hydrogen-bond donors (Lipinski definition) is 2. The van der Waals surface area contributed by atoms with E-state index in [0.717, 1.165) is 71.5 Å². The maximum absolute atomic E-state index is 12.5. The maximum Gasteiger partial charge on any atom is 0.269 e. The van der Waals surface area contributed by atoms with Crippen molar-refractivity contribution < 1.29 is 0 Å². The van der Waals surface area contributed by atoms with Crippen molar-refractivity contribution in [1.82, 2.24) is 24.7 Å². The summed E-state index contributed by atoms with van der Waals surface area (Å²) in [7, 11) is 0. The van der Waals surface area contributed by atoms with E-state index in [4.69, 9.17) is 0 Å². The fourth-order valence-electron chi connectivity index (χ4n) is 4.58. The monoisotopic (exact) mass is 414 g/mol. The van der Waals surface area contributed by atoms with Gasteiger partial charge in [-0.1, -0.05) is 30.3 Å². The smallest absolute Gasteiger partial charge is 0.269 e. The molecule has 3 aromatic heterocycles. The molecule has 4 aromatic rings. The highest BCUT2D eigenvalue weighted by Crippen LogP contribution is 2.30. The van der Waals surface area contributed by atoms with E-state index < -0.39 is 0 Å². The SMILES string of the molecule is Cc1c(C)n(Cc2ccccc2)c2ncnc(NCc3c4c(n[nH]c3=O)CCCC4)c12. The summed E-state index contributed by atoms with van der Waals surface area (Å²) in [5.74, 6) is 0.762. The molecule has 158 valence electrons. The molecular weight excluding hydrogens is 388 g/mol. The van der Waals surface area contributed by atoms with Gasteiger partial charge in [0, 0.05) is 24.3 Å². The van der Waals surface area contributed by atoms with Crippen LogP contribution in [0.15, 0.2) is 41.5 Å². The zero-order valence-corrected chi connectivity index (χ0v) is 17.9. The lowest BCUT2D eigenvalue weighted by atomic mass is 9.93. The van der Waals surface area contributed by atoms with Crippen LogP contribution in [0.5, 0.6) is 0 Å². The molecule has 3 heterocycles. The van der Waals surface area contributed by atoms with E-state index in [0.29, 0.717) is 6.54 Å². The van der Waals surface area contributed by atoms with Crippen LogP contribution in [0, 0.1) is 13.8 Å². The first-order chi connectivity index (χ1) is 15.1. The van der Waals surface area contributed by atoms with Crippen LogP contribution in [0.3, 0.4) is 0 Å². The standard InChI is InChI=1S/C24H26N6O/c1-15-16(2)30(13-17-8-4-3-5-9-17)23-21(15)22(26-14-27-23)25-12-19-18-10-6-7-11-20(18)28-29-24(19)31/h3-5,8-9,14H,6-7,10-13H2,1-2H3,(H,29,31)(H,25,26,27). The molecule has 0 spiro atoms. The van der Waals surface area contributed by atoms with Crippen molar-refractivity contribution in [3.05, 3.63) is 80.7 Å². The molecule has 2 N–H and O–H groups in total. The second-order valence-electron chi connectivity index (χ2n) is 8.22. The van der Waals surface area contributed by atoms with Crippen molar-refractivity contribution in [3.8, 4) is 0 Å². The lowest BCUT2D eigenvalue weighted by Crippen LogP contribution is -2.24. The number of aryl methyl sites for hydroxylation is 2. The zero-order valence-electron chi connectivity index (χ0n) is 17.9. The number of fused-ring (bicyclic) bond motifs is 2. The average Bonchev–Trinajstić information content (AvgIpc) is 3.04. The Morgan fingerprint density at radius 3 is 2.74 bits per heavy atom. The first-order valence-electron chi connectivity index (χ1n) is 10.8. The predicted molar refractivity (Wildman–Crippen MR) is 121 cm³/mol. The molecule has 7 heteroatoms. The van der Waals surface area contributed by atoms with E-state index in [1.165, 1.54) is 11.3 Å². The highest BCUT2D eigenvalue weighted by molar-refractivity contribution is 5.92. The third-order valence-corrected chi connectivity index (χ3v) is 6.39. The largest absolute Gasteiger partial charge is 0.365 e. The normalized spacial score (nSPS) is 13.4. The Kier molecular flexibility index (Phi) is 5.02. The van der Waals surface area contributed by atoms with Crippen LogP contribution in [-0.4, -0.2) is 24.7 Å². The predicted octanol–water partition coefficient (Wildman–Crippen LogP) is 3.67. The van der Waals surface area contributed by atoms with Crippen LogP contribution < -0.4 is 10.9 Å². The minimum atomic E-state index is -0.118. The number of hydrogen-bond acceptors (Lipinski definition) is 5. The molecule has 0 bridgehead atoms. The highest BCUT2D eigenvalue weighted by Gasteiger charge is 2.20. The molecule has 0 atom stereocenters. The molecule has 7 nitrogen and oxygen atoms in total. The Bertz CT molecular complexity index is 1310. The third kappa shape index (κ3) is 3.50. The number of nitrogens with zero attached hydrogens (tertiary/aromatic N) is 4. The molecule has 1 aliphatic rings. The van der Waals surface area contributed by atoms with E-state index in [1.54, 1.807) is 6.33 Å². The second kappa shape index (κ2) is 7.98. The summed E-state index contributed by atoms with van der Waals surface area (Å²) in [6.07, 6.45) is 5.66. The van der Waals surface area contributed by atoms with Crippen LogP contribution in [0.25, 0.3) is 11.0 Å². The van der Waals surface area contributed by atoms with Crippen LogP contribution in [-0.2, 0) is 25.9 Å². The summed E-state index contributed by atoms with van der Waals surface area (Å²) >= 11 is 0. The van der Waals surface area contributed by atoms with Crippen LogP contribution in [0.2, 0.25) is 0 Å². The van der Waals surface area contributed by atoms with Gasteiger partial charge in [-0.15, -0.1) is 0 Å². The summed E-state index contributed by atoms with van der Waals surface area (Å²) in [6.45, 7) is 5.40. The average molecular weight is 415 g/mol. The van der Waals surface area contributed by atoms with Gasteiger partial charge in [0.05, 0.1) is 11.1 Å². The van der Waals surface area contributed by atoms with Crippen molar-refractivity contribution >= 4 is 16.9 Å². The topological polar surface area (TPSA) is 88.5 Å². The molecule has 1 aromatic carbocycles. The number of H-pyrrole nitrogens is 1. The lowest BCUT2D eigenvalue weighted by molar-refractivity contribution is 0.642. The molecule has 0 fully saturated rings. The minimum absolute atomic E-state index is 0.118. The van der Waals surface area contributed by atoms with Crippen molar-refractivity contribution in [3.63, 3.8) is 0 Å². The number of rotatable bonds is 5. The van der Waals surface area contributed by atoms with Crippen molar-refractivity contribution in [2.75, 3.05) is 5.32 Å². The molecule has 31 heavy (non-hydrogen) atoms. The van der Waals surface area contributed by atoms with E-state index in [1.807, 2.05) is 6.07 Å². The molecule has 0 saturated carbocycles. The van der Waals surface area contributed by atoms with Crippen molar-refractivity contribution in [1.29, 1.82) is 0 Å². The van der Waals surface area contributed by atoms with Gasteiger partial charge in [0.2, 0.25) is 0 Å². The summed E-state index contributed by atoms with van der Waals surface area (Å²) in [4.78, 5) is 21.6. The first-order valence-corrected chi connectivity index (χ1v) is 10.8. The fourth-order valence-corrected chi connectivity index (χ4v) is 4.58. The minimum Gasteiger partial charge on any atom is -0.365 e. The molecule has 1 aliphatic carbocycles. The van der Waals surface area contributed by atoms with Crippen LogP contribution in [0.4, 0.5) is 5.82 Å². The second-order valence-corrected chi connectivity index (χ2v) is 8.22. The van der Waals surface area contributed by atoms with Crippen molar-refractivity contribution in [2.45, 2.75) is 52.6 Å². The number of benzene rings is 1. The highest BCUT2D eigenvalue weighted by atomic mass is 16.1. The quantitative estimate of drug-likeness (QED) is 0.520. The molecular formula is C24H26N6O. The summed E-state index contributed by atoms with van der Waals surface area (Å²) in [5.41, 5.74) is 7.23. The van der Waals surface area contributed by atoms with Gasteiger partial charge in [0.15, 0.2) is 0 Å². The number of aromatic nitrogens is 5. The zero-order chi connectivity index (χ0) is 21.4. The maximum atomic E-state index is 12.5. The number of anilines is 1. The van der Waals surface area contributed by atoms with E-state index in [2.05, 4.69) is 68.2 Å². The molecule has 0 saturated heterocycles. The van der Waals surface area contributed by atoms with Crippen LogP contribution >= 0.6 is 0 Å². The van der Waals surface area contributed by atoms with Gasteiger partial charge in [-0.25, -0.2) is 15.1 Å². The summed E-state index contributed by atoms with van der Waals surface area (Å²) in [6, 6.07) is 10.4. The van der Waals surface area contributed by atoms with E-state index in [-0.39, 0.29) is 5.56 Å².